The Morgan fingerprint density at radius 1 is 0.339 bits per heavy atom. The van der Waals surface area contributed by atoms with Crippen LogP contribution in [0.4, 0.5) is 0 Å². The molecule has 362 valence electrons. The SMILES string of the molecule is CCCCCCCCCCCCCCCCOC(=O)CCC(NC(=O)CCC(=O)NC(CCC(=O)OCC)C(=O)OCC)C(=O)OCCCCCCCCCCCCCCCC. The van der Waals surface area contributed by atoms with Crippen LogP contribution in [0.3, 0.4) is 0 Å². The Bertz CT molecular complexity index is 1130. The molecule has 2 atom stereocenters. The first-order chi connectivity index (χ1) is 30.2. The summed E-state index contributed by atoms with van der Waals surface area (Å²) in [5.41, 5.74) is 0. The van der Waals surface area contributed by atoms with Crippen molar-refractivity contribution < 1.29 is 47.7 Å². The predicted octanol–water partition coefficient (Wildman–Crippen LogP) is 11.5. The number of hydrogen-bond acceptors (Lipinski definition) is 10. The molecule has 0 aliphatic carbocycles. The van der Waals surface area contributed by atoms with Crippen molar-refractivity contribution in [2.45, 2.75) is 258 Å². The molecule has 0 aliphatic rings. The van der Waals surface area contributed by atoms with E-state index in [-0.39, 0.29) is 58.3 Å². The van der Waals surface area contributed by atoms with Crippen molar-refractivity contribution in [1.29, 1.82) is 0 Å². The van der Waals surface area contributed by atoms with Gasteiger partial charge in [0.05, 0.1) is 26.4 Å². The van der Waals surface area contributed by atoms with E-state index in [2.05, 4.69) is 24.5 Å². The Morgan fingerprint density at radius 3 is 0.968 bits per heavy atom. The summed E-state index contributed by atoms with van der Waals surface area (Å²) in [6.45, 7) is 8.63. The Balaban J connectivity index is 4.76. The molecule has 0 aromatic heterocycles. The average molecular weight is 881 g/mol. The number of carbonyl (C=O) groups excluding carboxylic acids is 6. The molecule has 0 heterocycles. The van der Waals surface area contributed by atoms with Gasteiger partial charge in [0.25, 0.3) is 0 Å². The predicted molar refractivity (Wildman–Crippen MR) is 247 cm³/mol. The highest BCUT2D eigenvalue weighted by atomic mass is 16.5. The summed E-state index contributed by atoms with van der Waals surface area (Å²) in [4.78, 5) is 75.8. The highest BCUT2D eigenvalue weighted by molar-refractivity contribution is 5.89. The van der Waals surface area contributed by atoms with Crippen LogP contribution in [0.1, 0.15) is 246 Å². The molecule has 12 heteroatoms. The standard InChI is InChI=1S/C50H92N2O10/c1-5-9-11-13-15-17-19-21-23-25-27-29-31-33-41-61-48(56)40-36-44(50(58)62-42-34-32-30-28-26-24-22-20-18-16-14-12-10-6-2)52-46(54)38-37-45(53)51-43(49(57)60-8-4)35-39-47(55)59-7-3/h43-44H,5-42H2,1-4H3,(H,51,53)(H,52,54). The monoisotopic (exact) mass is 881 g/mol. The summed E-state index contributed by atoms with van der Waals surface area (Å²) >= 11 is 0. The summed E-state index contributed by atoms with van der Waals surface area (Å²) in [7, 11) is 0. The van der Waals surface area contributed by atoms with Crippen molar-refractivity contribution in [3.8, 4) is 0 Å². The fourth-order valence-corrected chi connectivity index (χ4v) is 7.38. The van der Waals surface area contributed by atoms with Crippen LogP contribution in [0.15, 0.2) is 0 Å². The lowest BCUT2D eigenvalue weighted by Gasteiger charge is -2.18. The highest BCUT2D eigenvalue weighted by Gasteiger charge is 2.26. The quantitative estimate of drug-likeness (QED) is 0.0342. The third kappa shape index (κ3) is 38.5. The number of esters is 4. The maximum atomic E-state index is 13.2. The maximum absolute atomic E-state index is 13.2. The van der Waals surface area contributed by atoms with Gasteiger partial charge in [-0.15, -0.1) is 0 Å². The molecule has 0 fully saturated rings. The first-order valence-corrected chi connectivity index (χ1v) is 25.4. The van der Waals surface area contributed by atoms with Crippen molar-refractivity contribution in [1.82, 2.24) is 10.6 Å². The van der Waals surface area contributed by atoms with Crippen molar-refractivity contribution in [3.05, 3.63) is 0 Å². The van der Waals surface area contributed by atoms with Gasteiger partial charge in [-0.25, -0.2) is 9.59 Å². The van der Waals surface area contributed by atoms with Crippen molar-refractivity contribution >= 4 is 35.7 Å². The van der Waals surface area contributed by atoms with E-state index >= 15 is 0 Å². The van der Waals surface area contributed by atoms with Crippen LogP contribution in [-0.4, -0.2) is 74.2 Å². The molecule has 0 bridgehead atoms. The molecule has 2 unspecified atom stereocenters. The van der Waals surface area contributed by atoms with Crippen LogP contribution in [0, 0.1) is 0 Å². The fraction of sp³-hybridized carbons (Fsp3) is 0.880. The number of rotatable bonds is 45. The summed E-state index contributed by atoms with van der Waals surface area (Å²) in [6.07, 6.45) is 33.6. The lowest BCUT2D eigenvalue weighted by atomic mass is 10.0. The zero-order valence-corrected chi connectivity index (χ0v) is 40.1. The highest BCUT2D eigenvalue weighted by Crippen LogP contribution is 2.15. The second-order valence-corrected chi connectivity index (χ2v) is 17.0. The molecule has 0 saturated heterocycles. The molecule has 0 aromatic rings. The van der Waals surface area contributed by atoms with Gasteiger partial charge >= 0.3 is 23.9 Å². The molecule has 2 N–H and O–H groups in total. The van der Waals surface area contributed by atoms with Crippen LogP contribution in [0.25, 0.3) is 0 Å². The van der Waals surface area contributed by atoms with Gasteiger partial charge in [0.1, 0.15) is 12.1 Å². The van der Waals surface area contributed by atoms with Gasteiger partial charge in [-0.1, -0.05) is 181 Å². The van der Waals surface area contributed by atoms with Gasteiger partial charge in [-0.05, 0) is 39.5 Å². The third-order valence-electron chi connectivity index (χ3n) is 11.2. The summed E-state index contributed by atoms with van der Waals surface area (Å²) < 4.78 is 21.0. The zero-order valence-electron chi connectivity index (χ0n) is 40.1. The zero-order chi connectivity index (χ0) is 45.7. The number of nitrogens with one attached hydrogen (secondary N) is 2. The second-order valence-electron chi connectivity index (χ2n) is 17.0. The molecule has 0 aromatic carbocycles. The van der Waals surface area contributed by atoms with E-state index in [1.54, 1.807) is 13.8 Å². The molecular formula is C50H92N2O10. The first kappa shape index (κ1) is 58.8. The molecule has 0 spiro atoms. The number of unbranched alkanes of at least 4 members (excludes halogenated alkanes) is 26. The topological polar surface area (TPSA) is 163 Å². The minimum Gasteiger partial charge on any atom is -0.466 e. The number of hydrogen-bond donors (Lipinski definition) is 2. The minimum atomic E-state index is -1.08. The molecule has 0 saturated carbocycles. The normalized spacial score (nSPS) is 12.0. The lowest BCUT2D eigenvalue weighted by molar-refractivity contribution is -0.150. The van der Waals surface area contributed by atoms with Gasteiger partial charge in [0, 0.05) is 25.7 Å². The van der Waals surface area contributed by atoms with Crippen LogP contribution < -0.4 is 10.6 Å². The smallest absolute Gasteiger partial charge is 0.328 e. The van der Waals surface area contributed by atoms with Crippen molar-refractivity contribution in [2.24, 2.45) is 0 Å². The second kappa shape index (κ2) is 44.4. The Kier molecular flexibility index (Phi) is 42.1. The van der Waals surface area contributed by atoms with E-state index in [4.69, 9.17) is 18.9 Å². The average Bonchev–Trinajstić information content (AvgIpc) is 3.25. The van der Waals surface area contributed by atoms with Gasteiger partial charge < -0.3 is 29.6 Å². The van der Waals surface area contributed by atoms with E-state index in [0.717, 1.165) is 38.5 Å². The summed E-state index contributed by atoms with van der Waals surface area (Å²) in [5.74, 6) is -3.42. The fourth-order valence-electron chi connectivity index (χ4n) is 7.38. The van der Waals surface area contributed by atoms with Gasteiger partial charge in [0.15, 0.2) is 0 Å². The molecule has 12 nitrogen and oxygen atoms in total. The number of ether oxygens (including phenoxy) is 4. The Morgan fingerprint density at radius 2 is 0.629 bits per heavy atom. The van der Waals surface area contributed by atoms with E-state index in [1.807, 2.05) is 0 Å². The van der Waals surface area contributed by atoms with E-state index in [0.29, 0.717) is 13.0 Å². The minimum absolute atomic E-state index is 0.00583. The summed E-state index contributed by atoms with van der Waals surface area (Å²) in [5, 5.41) is 5.19. The number of amides is 2. The molecular weight excluding hydrogens is 789 g/mol. The largest absolute Gasteiger partial charge is 0.466 e. The Hall–Kier alpha value is -3.18. The van der Waals surface area contributed by atoms with Crippen molar-refractivity contribution in [2.75, 3.05) is 26.4 Å². The third-order valence-corrected chi connectivity index (χ3v) is 11.2. The van der Waals surface area contributed by atoms with Crippen LogP contribution in [0.2, 0.25) is 0 Å². The summed E-state index contributed by atoms with van der Waals surface area (Å²) in [6, 6.07) is -2.16. The van der Waals surface area contributed by atoms with Crippen molar-refractivity contribution in [3.63, 3.8) is 0 Å². The molecule has 2 amide bonds. The first-order valence-electron chi connectivity index (χ1n) is 25.4. The van der Waals surface area contributed by atoms with Crippen LogP contribution >= 0.6 is 0 Å². The molecule has 0 aliphatic heterocycles. The van der Waals surface area contributed by atoms with Gasteiger partial charge in [0.2, 0.25) is 11.8 Å². The number of carbonyl (C=O) groups is 6. The molecule has 0 radical (unpaired) electrons. The molecule has 62 heavy (non-hydrogen) atoms. The van der Waals surface area contributed by atoms with E-state index in [9.17, 15) is 28.8 Å². The van der Waals surface area contributed by atoms with E-state index < -0.39 is 47.8 Å². The van der Waals surface area contributed by atoms with Gasteiger partial charge in [-0.3, -0.25) is 19.2 Å². The van der Waals surface area contributed by atoms with Crippen LogP contribution in [-0.2, 0) is 47.7 Å². The van der Waals surface area contributed by atoms with Crippen LogP contribution in [0.5, 0.6) is 0 Å². The van der Waals surface area contributed by atoms with Gasteiger partial charge in [-0.2, -0.15) is 0 Å². The molecule has 0 rings (SSSR count). The maximum Gasteiger partial charge on any atom is 0.328 e. The van der Waals surface area contributed by atoms with E-state index in [1.165, 1.54) is 135 Å². The Labute approximate surface area is 377 Å². The lowest BCUT2D eigenvalue weighted by Crippen LogP contribution is -2.44.